The monoisotopic (exact) mass is 482 g/mol. The molecule has 2 aromatic carbocycles. The van der Waals surface area contributed by atoms with Crippen LogP contribution in [-0.4, -0.2) is 80.7 Å². The molecule has 9 heteroatoms. The maximum atomic E-state index is 13.7. The number of aromatic amines is 1. The number of halogens is 1. The van der Waals surface area contributed by atoms with Gasteiger partial charge in [0.1, 0.15) is 17.3 Å². The van der Waals surface area contributed by atoms with E-state index in [-0.39, 0.29) is 30.8 Å². The summed E-state index contributed by atoms with van der Waals surface area (Å²) in [6.45, 7) is 2.97. The van der Waals surface area contributed by atoms with Crippen LogP contribution in [0.25, 0.3) is 10.9 Å². The normalized spacial score (nSPS) is 22.1. The minimum atomic E-state index is -1.09. The van der Waals surface area contributed by atoms with Crippen LogP contribution in [0.1, 0.15) is 29.8 Å². The van der Waals surface area contributed by atoms with Crippen molar-refractivity contribution < 1.29 is 19.8 Å². The van der Waals surface area contributed by atoms with Crippen LogP contribution in [0.5, 0.6) is 5.75 Å². The Morgan fingerprint density at radius 1 is 1.21 bits per heavy atom. The minimum absolute atomic E-state index is 0.00604. The smallest absolute Gasteiger partial charge is 0.328 e. The van der Waals surface area contributed by atoms with E-state index < -0.39 is 11.6 Å². The Hall–Kier alpha value is -3.07. The summed E-state index contributed by atoms with van der Waals surface area (Å²) in [7, 11) is 1.84. The first-order valence-corrected chi connectivity index (χ1v) is 11.7. The van der Waals surface area contributed by atoms with Crippen LogP contribution in [-0.2, 0) is 11.2 Å². The number of aliphatic hydroxyl groups excluding tert-OH is 1. The second-order valence-corrected chi connectivity index (χ2v) is 9.73. The standard InChI is InChI=1S/C25H27ClN4O4/c1-25-14-19-18-13-16(26)6-7-20(18)27-21(19)22(15-4-3-5-17(32)12-15)30(25)24(34)29(23(25)33)9-8-28(2)10-11-31/h3-7,12-13,22,27,31-32H,8-11,14H2,1-2H3. The van der Waals surface area contributed by atoms with Crippen molar-refractivity contribution in [3.63, 3.8) is 0 Å². The van der Waals surface area contributed by atoms with Crippen LogP contribution in [0.15, 0.2) is 42.5 Å². The molecular weight excluding hydrogens is 456 g/mol. The topological polar surface area (TPSA) is 100 Å². The highest BCUT2D eigenvalue weighted by Gasteiger charge is 2.60. The first-order chi connectivity index (χ1) is 16.2. The molecule has 8 nitrogen and oxygen atoms in total. The maximum absolute atomic E-state index is 13.7. The van der Waals surface area contributed by atoms with E-state index in [2.05, 4.69) is 4.98 Å². The molecule has 1 saturated heterocycles. The molecule has 178 valence electrons. The van der Waals surface area contributed by atoms with E-state index in [4.69, 9.17) is 11.6 Å². The number of hydrogen-bond donors (Lipinski definition) is 3. The molecule has 2 atom stereocenters. The van der Waals surface area contributed by atoms with E-state index in [9.17, 15) is 19.8 Å². The zero-order valence-electron chi connectivity index (χ0n) is 19.1. The van der Waals surface area contributed by atoms with Crippen LogP contribution in [0.3, 0.4) is 0 Å². The van der Waals surface area contributed by atoms with E-state index >= 15 is 0 Å². The first-order valence-electron chi connectivity index (χ1n) is 11.3. The van der Waals surface area contributed by atoms with Gasteiger partial charge in [-0.25, -0.2) is 4.79 Å². The first kappa shape index (κ1) is 22.7. The summed E-state index contributed by atoms with van der Waals surface area (Å²) in [5.74, 6) is -0.159. The van der Waals surface area contributed by atoms with Gasteiger partial charge in [0.2, 0.25) is 0 Å². The molecule has 3 amide bonds. The lowest BCUT2D eigenvalue weighted by molar-refractivity contribution is -0.133. The Labute approximate surface area is 202 Å². The number of benzene rings is 2. The van der Waals surface area contributed by atoms with Crippen molar-refractivity contribution in [1.82, 2.24) is 19.7 Å². The van der Waals surface area contributed by atoms with Crippen LogP contribution in [0, 0.1) is 0 Å². The molecule has 0 aliphatic carbocycles. The van der Waals surface area contributed by atoms with Crippen molar-refractivity contribution >= 4 is 34.4 Å². The molecule has 2 aliphatic heterocycles. The molecule has 2 aliphatic rings. The Morgan fingerprint density at radius 2 is 2.00 bits per heavy atom. The predicted molar refractivity (Wildman–Crippen MR) is 129 cm³/mol. The Morgan fingerprint density at radius 3 is 2.74 bits per heavy atom. The quantitative estimate of drug-likeness (QED) is 0.469. The SMILES string of the molecule is CN(CCO)CCN1C(=O)N2C(c3cccc(O)c3)c3[nH]c4ccc(Cl)cc4c3CC2(C)C1=O. The summed E-state index contributed by atoms with van der Waals surface area (Å²) in [5, 5.41) is 20.9. The molecule has 34 heavy (non-hydrogen) atoms. The number of aromatic nitrogens is 1. The number of aliphatic hydroxyl groups is 1. The van der Waals surface area contributed by atoms with Gasteiger partial charge in [-0.1, -0.05) is 23.7 Å². The zero-order chi connectivity index (χ0) is 24.2. The molecule has 2 unspecified atom stereocenters. The summed E-state index contributed by atoms with van der Waals surface area (Å²) >= 11 is 6.30. The summed E-state index contributed by atoms with van der Waals surface area (Å²) in [6.07, 6.45) is 0.353. The summed E-state index contributed by atoms with van der Waals surface area (Å²) in [4.78, 5) is 35.8. The fraction of sp³-hybridized carbons (Fsp3) is 0.360. The molecule has 3 N–H and O–H groups in total. The highest BCUT2D eigenvalue weighted by molar-refractivity contribution is 6.31. The van der Waals surface area contributed by atoms with Crippen molar-refractivity contribution in [3.05, 3.63) is 64.3 Å². The Kier molecular flexibility index (Phi) is 5.55. The summed E-state index contributed by atoms with van der Waals surface area (Å²) in [5.41, 5.74) is 2.27. The highest BCUT2D eigenvalue weighted by Crippen LogP contribution is 2.49. The molecule has 1 fully saturated rings. The number of carbonyl (C=O) groups excluding carboxylic acids is 2. The number of H-pyrrole nitrogens is 1. The van der Waals surface area contributed by atoms with Crippen LogP contribution >= 0.6 is 11.6 Å². The van der Waals surface area contributed by atoms with Crippen molar-refractivity contribution in [2.24, 2.45) is 0 Å². The van der Waals surface area contributed by atoms with Gasteiger partial charge in [0, 0.05) is 47.7 Å². The number of hydrogen-bond acceptors (Lipinski definition) is 5. The Balaban J connectivity index is 1.64. The van der Waals surface area contributed by atoms with Gasteiger partial charge in [-0.2, -0.15) is 0 Å². The molecule has 1 aromatic heterocycles. The molecule has 0 radical (unpaired) electrons. The number of phenols is 1. The fourth-order valence-corrected chi connectivity index (χ4v) is 5.45. The third kappa shape index (κ3) is 3.45. The van der Waals surface area contributed by atoms with E-state index in [0.29, 0.717) is 30.1 Å². The number of nitrogens with zero attached hydrogens (tertiary/aromatic N) is 3. The molecule has 5 rings (SSSR count). The van der Waals surface area contributed by atoms with Gasteiger partial charge in [-0.05, 0) is 55.4 Å². The van der Waals surface area contributed by atoms with E-state index in [1.54, 1.807) is 29.2 Å². The third-order valence-corrected chi connectivity index (χ3v) is 7.24. The largest absolute Gasteiger partial charge is 0.508 e. The predicted octanol–water partition coefficient (Wildman–Crippen LogP) is 3.12. The number of imide groups is 1. The number of likely N-dealkylation sites (N-methyl/N-ethyl adjacent to an activating group) is 1. The molecule has 0 saturated carbocycles. The Bertz CT molecular complexity index is 1290. The fourth-order valence-electron chi connectivity index (χ4n) is 5.28. The lowest BCUT2D eigenvalue weighted by Crippen LogP contribution is -2.53. The molecule has 0 bridgehead atoms. The number of rotatable bonds is 6. The van der Waals surface area contributed by atoms with E-state index in [0.717, 1.165) is 22.2 Å². The lowest BCUT2D eigenvalue weighted by Gasteiger charge is -2.42. The molecule has 3 aromatic rings. The molecule has 0 spiro atoms. The number of nitrogens with one attached hydrogen (secondary N) is 1. The van der Waals surface area contributed by atoms with Crippen molar-refractivity contribution in [3.8, 4) is 5.75 Å². The molecule has 3 heterocycles. The minimum Gasteiger partial charge on any atom is -0.508 e. The van der Waals surface area contributed by atoms with Crippen molar-refractivity contribution in [1.29, 1.82) is 0 Å². The van der Waals surface area contributed by atoms with Crippen molar-refractivity contribution in [2.75, 3.05) is 33.3 Å². The maximum Gasteiger partial charge on any atom is 0.328 e. The van der Waals surface area contributed by atoms with Gasteiger partial charge in [0.15, 0.2) is 0 Å². The average Bonchev–Trinajstić information content (AvgIpc) is 3.23. The number of urea groups is 1. The second-order valence-electron chi connectivity index (χ2n) is 9.29. The number of carbonyl (C=O) groups is 2. The van der Waals surface area contributed by atoms with Gasteiger partial charge in [0.25, 0.3) is 5.91 Å². The molecular formula is C25H27ClN4O4. The van der Waals surface area contributed by atoms with Crippen molar-refractivity contribution in [2.45, 2.75) is 24.9 Å². The van der Waals surface area contributed by atoms with Gasteiger partial charge in [-0.15, -0.1) is 0 Å². The van der Waals surface area contributed by atoms with Gasteiger partial charge in [-0.3, -0.25) is 14.6 Å². The summed E-state index contributed by atoms with van der Waals surface area (Å²) in [6, 6.07) is 11.5. The number of fused-ring (bicyclic) bond motifs is 4. The summed E-state index contributed by atoms with van der Waals surface area (Å²) < 4.78 is 0. The average molecular weight is 483 g/mol. The second kappa shape index (κ2) is 8.30. The number of phenolic OH excluding ortho intramolecular Hbond substituents is 1. The van der Waals surface area contributed by atoms with Gasteiger partial charge >= 0.3 is 6.03 Å². The third-order valence-electron chi connectivity index (χ3n) is 7.00. The lowest BCUT2D eigenvalue weighted by atomic mass is 9.81. The van der Waals surface area contributed by atoms with Crippen LogP contribution < -0.4 is 0 Å². The van der Waals surface area contributed by atoms with Gasteiger partial charge in [0.05, 0.1) is 6.61 Å². The highest BCUT2D eigenvalue weighted by atomic mass is 35.5. The number of aromatic hydroxyl groups is 1. The van der Waals surface area contributed by atoms with Gasteiger partial charge < -0.3 is 20.1 Å². The van der Waals surface area contributed by atoms with Crippen LogP contribution in [0.2, 0.25) is 5.02 Å². The van der Waals surface area contributed by atoms with Crippen LogP contribution in [0.4, 0.5) is 4.79 Å². The number of amides is 3. The van der Waals surface area contributed by atoms with E-state index in [1.807, 2.05) is 37.1 Å². The zero-order valence-corrected chi connectivity index (χ0v) is 19.8. The van der Waals surface area contributed by atoms with E-state index in [1.165, 1.54) is 4.90 Å².